The van der Waals surface area contributed by atoms with E-state index in [9.17, 15) is 9.90 Å². The molecule has 0 radical (unpaired) electrons. The van der Waals surface area contributed by atoms with Gasteiger partial charge < -0.3 is 5.11 Å². The Labute approximate surface area is 138 Å². The van der Waals surface area contributed by atoms with Crippen molar-refractivity contribution in [2.75, 3.05) is 0 Å². The first-order valence-corrected chi connectivity index (χ1v) is 8.68. The molecule has 120 valence electrons. The minimum atomic E-state index is -0.993. The molecule has 0 spiro atoms. The summed E-state index contributed by atoms with van der Waals surface area (Å²) in [7, 11) is 0. The van der Waals surface area contributed by atoms with E-state index in [1.54, 1.807) is 0 Å². The van der Waals surface area contributed by atoms with Crippen molar-refractivity contribution >= 4 is 5.78 Å². The molecule has 23 heavy (non-hydrogen) atoms. The Hall–Kier alpha value is -1.59. The molecule has 0 amide bonds. The quantitative estimate of drug-likeness (QED) is 0.548. The number of aliphatic hydroxyl groups is 1. The van der Waals surface area contributed by atoms with E-state index in [0.29, 0.717) is 24.7 Å². The van der Waals surface area contributed by atoms with Crippen molar-refractivity contribution in [3.8, 4) is 12.3 Å². The van der Waals surface area contributed by atoms with Gasteiger partial charge in [-0.15, -0.1) is 6.42 Å². The number of carbonyl (C=O) groups is 1. The van der Waals surface area contributed by atoms with Crippen molar-refractivity contribution < 1.29 is 9.90 Å². The molecule has 0 aromatic heterocycles. The van der Waals surface area contributed by atoms with Crippen molar-refractivity contribution in [3.63, 3.8) is 0 Å². The first-order chi connectivity index (χ1) is 10.8. The molecular formula is C21H24O2. The van der Waals surface area contributed by atoms with Crippen molar-refractivity contribution in [1.82, 2.24) is 0 Å². The molecule has 1 fully saturated rings. The van der Waals surface area contributed by atoms with Gasteiger partial charge in [0, 0.05) is 23.2 Å². The molecule has 1 saturated carbocycles. The highest BCUT2D eigenvalue weighted by Crippen LogP contribution is 2.63. The van der Waals surface area contributed by atoms with Crippen LogP contribution in [0.1, 0.15) is 46.0 Å². The number of rotatable bonds is 0. The smallest absolute Gasteiger partial charge is 0.156 e. The molecule has 3 unspecified atom stereocenters. The lowest BCUT2D eigenvalue weighted by Gasteiger charge is -2.52. The Morgan fingerprint density at radius 1 is 1.35 bits per heavy atom. The average Bonchev–Trinajstić information content (AvgIpc) is 2.80. The van der Waals surface area contributed by atoms with E-state index in [0.717, 1.165) is 24.8 Å². The second-order valence-corrected chi connectivity index (χ2v) is 8.21. The molecule has 0 aromatic carbocycles. The van der Waals surface area contributed by atoms with Crippen LogP contribution in [0.5, 0.6) is 0 Å². The Morgan fingerprint density at radius 3 is 2.87 bits per heavy atom. The van der Waals surface area contributed by atoms with Gasteiger partial charge in [-0.3, -0.25) is 4.79 Å². The normalized spacial score (nSPS) is 47.8. The molecule has 4 rings (SSSR count). The third kappa shape index (κ3) is 1.72. The summed E-state index contributed by atoms with van der Waals surface area (Å²) in [6, 6.07) is 0. The highest BCUT2D eigenvalue weighted by atomic mass is 16.3. The lowest BCUT2D eigenvalue weighted by molar-refractivity contribution is -0.115. The number of ketones is 1. The average molecular weight is 308 g/mol. The van der Waals surface area contributed by atoms with Crippen LogP contribution in [0.2, 0.25) is 0 Å². The number of fused-ring (bicyclic) bond motifs is 5. The molecule has 4 aliphatic carbocycles. The Bertz CT molecular complexity index is 719. The molecule has 1 N–H and O–H groups in total. The van der Waals surface area contributed by atoms with Gasteiger partial charge in [-0.25, -0.2) is 0 Å². The van der Waals surface area contributed by atoms with Gasteiger partial charge >= 0.3 is 0 Å². The number of terminal acetylenes is 1. The lowest BCUT2D eigenvalue weighted by atomic mass is 9.52. The zero-order chi connectivity index (χ0) is 16.5. The summed E-state index contributed by atoms with van der Waals surface area (Å²) in [5.41, 5.74) is 1.34. The van der Waals surface area contributed by atoms with Crippen molar-refractivity contribution in [3.05, 3.63) is 35.5 Å². The van der Waals surface area contributed by atoms with Crippen LogP contribution in [0.25, 0.3) is 0 Å². The van der Waals surface area contributed by atoms with Crippen LogP contribution >= 0.6 is 0 Å². The molecule has 0 saturated heterocycles. The summed E-state index contributed by atoms with van der Waals surface area (Å²) >= 11 is 0. The molecule has 0 aromatic rings. The first kappa shape index (κ1) is 15.0. The molecule has 2 nitrogen and oxygen atoms in total. The highest BCUT2D eigenvalue weighted by molar-refractivity contribution is 5.92. The molecule has 0 bridgehead atoms. The van der Waals surface area contributed by atoms with Crippen LogP contribution in [0, 0.1) is 35.0 Å². The van der Waals surface area contributed by atoms with E-state index in [2.05, 4.69) is 38.0 Å². The maximum atomic E-state index is 11.8. The number of allylic oxidation sites excluding steroid dienone is 6. The van der Waals surface area contributed by atoms with Crippen molar-refractivity contribution in [2.24, 2.45) is 22.7 Å². The summed E-state index contributed by atoms with van der Waals surface area (Å²) in [6.45, 7) is 4.43. The summed E-state index contributed by atoms with van der Waals surface area (Å²) in [5, 5.41) is 10.9. The molecule has 2 heteroatoms. The second kappa shape index (κ2) is 4.48. The van der Waals surface area contributed by atoms with E-state index in [1.165, 1.54) is 5.57 Å². The predicted molar refractivity (Wildman–Crippen MR) is 90.4 cm³/mol. The van der Waals surface area contributed by atoms with Crippen LogP contribution in [0.15, 0.2) is 35.5 Å². The summed E-state index contributed by atoms with van der Waals surface area (Å²) in [4.78, 5) is 11.8. The van der Waals surface area contributed by atoms with Gasteiger partial charge in [-0.1, -0.05) is 43.6 Å². The van der Waals surface area contributed by atoms with Gasteiger partial charge in [0.05, 0.1) is 0 Å². The lowest BCUT2D eigenvalue weighted by Crippen LogP contribution is -2.49. The van der Waals surface area contributed by atoms with E-state index in [4.69, 9.17) is 6.42 Å². The predicted octanol–water partition coefficient (Wildman–Crippen LogP) is 3.58. The first-order valence-electron chi connectivity index (χ1n) is 8.68. The van der Waals surface area contributed by atoms with Crippen LogP contribution in [-0.4, -0.2) is 16.5 Å². The zero-order valence-electron chi connectivity index (χ0n) is 13.9. The minimum absolute atomic E-state index is 0.0223. The monoisotopic (exact) mass is 308 g/mol. The molecular weight excluding hydrogens is 284 g/mol. The Balaban J connectivity index is 1.82. The van der Waals surface area contributed by atoms with Gasteiger partial charge in [0.25, 0.3) is 0 Å². The van der Waals surface area contributed by atoms with E-state index >= 15 is 0 Å². The fraction of sp³-hybridized carbons (Fsp3) is 0.571. The summed E-state index contributed by atoms with van der Waals surface area (Å²) < 4.78 is 0. The second-order valence-electron chi connectivity index (χ2n) is 8.21. The summed E-state index contributed by atoms with van der Waals surface area (Å²) in [6.07, 6.45) is 18.3. The molecule has 0 heterocycles. The van der Waals surface area contributed by atoms with Gasteiger partial charge in [0.15, 0.2) is 5.78 Å². The maximum Gasteiger partial charge on any atom is 0.156 e. The number of hydrogen-bond acceptors (Lipinski definition) is 2. The van der Waals surface area contributed by atoms with Gasteiger partial charge in [0.1, 0.15) is 5.60 Å². The fourth-order valence-electron chi connectivity index (χ4n) is 5.59. The zero-order valence-corrected chi connectivity index (χ0v) is 13.9. The molecule has 5 atom stereocenters. The standard InChI is InChI=1S/C21H24O2/c1-4-21(23)12-9-18-16-6-5-14-13-15(22)7-10-19(14,2)17(16)8-11-20(18,21)3/h1,5-6,8,13,16,18,23H,7,9-12H2,2-3H3/t16?,18?,19-,20-,21?/m0/s1. The largest absolute Gasteiger partial charge is 0.377 e. The Morgan fingerprint density at radius 2 is 2.13 bits per heavy atom. The number of hydrogen-bond donors (Lipinski definition) is 1. The van der Waals surface area contributed by atoms with E-state index in [1.807, 2.05) is 6.08 Å². The van der Waals surface area contributed by atoms with Gasteiger partial charge in [-0.2, -0.15) is 0 Å². The third-order valence-electron chi connectivity index (χ3n) is 7.30. The van der Waals surface area contributed by atoms with Gasteiger partial charge in [0.2, 0.25) is 0 Å². The van der Waals surface area contributed by atoms with E-state index < -0.39 is 5.60 Å². The minimum Gasteiger partial charge on any atom is -0.377 e. The Kier molecular flexibility index (Phi) is 2.92. The van der Waals surface area contributed by atoms with Crippen LogP contribution < -0.4 is 0 Å². The van der Waals surface area contributed by atoms with Crippen molar-refractivity contribution in [2.45, 2.75) is 51.6 Å². The van der Waals surface area contributed by atoms with Crippen LogP contribution in [0.4, 0.5) is 0 Å². The molecule has 4 aliphatic rings. The summed E-state index contributed by atoms with van der Waals surface area (Å²) in [5.74, 6) is 3.66. The fourth-order valence-corrected chi connectivity index (χ4v) is 5.59. The number of carbonyl (C=O) groups excluding carboxylic acids is 1. The maximum absolute atomic E-state index is 11.8. The SMILES string of the molecule is C#CC1(O)CCC2C3C=CC4=CC(=O)CC[C@]4(C)C3=CC[C@@]21C. The van der Waals surface area contributed by atoms with Crippen LogP contribution in [-0.2, 0) is 4.79 Å². The third-order valence-corrected chi connectivity index (χ3v) is 7.30. The van der Waals surface area contributed by atoms with Crippen LogP contribution in [0.3, 0.4) is 0 Å². The van der Waals surface area contributed by atoms with E-state index in [-0.39, 0.29) is 16.6 Å². The molecule has 0 aliphatic heterocycles. The van der Waals surface area contributed by atoms with Crippen molar-refractivity contribution in [1.29, 1.82) is 0 Å². The van der Waals surface area contributed by atoms with Gasteiger partial charge in [-0.05, 0) is 43.3 Å². The topological polar surface area (TPSA) is 37.3 Å². The highest BCUT2D eigenvalue weighted by Gasteiger charge is 2.60.